The minimum Gasteiger partial charge on any atom is -0.428 e. The van der Waals surface area contributed by atoms with E-state index in [-0.39, 0.29) is 24.1 Å². The molecule has 4 nitrogen and oxygen atoms in total. The van der Waals surface area contributed by atoms with E-state index in [1.165, 1.54) is 12.1 Å². The number of nitrogens with two attached hydrogens (primary N) is 1. The van der Waals surface area contributed by atoms with Crippen LogP contribution in [0.25, 0.3) is 0 Å². The predicted octanol–water partition coefficient (Wildman–Crippen LogP) is 7.60. The number of hydrogen-bond donors (Lipinski definition) is 2. The third kappa shape index (κ3) is 7.16. The fourth-order valence-corrected chi connectivity index (χ4v) is 4.61. The third-order valence-corrected chi connectivity index (χ3v) is 6.73. The lowest BCUT2D eigenvalue weighted by Crippen LogP contribution is -2.49. The molecule has 1 atom stereocenters. The van der Waals surface area contributed by atoms with E-state index in [2.05, 4.69) is 10.1 Å². The van der Waals surface area contributed by atoms with E-state index in [1.54, 1.807) is 42.5 Å². The standard InChI is InChI=1S/C31H23F9N2O2/c32-23-13-22(14-24(15-23)44-31(39,40)28(34)35)29(16-18-4-2-1-3-5-18,21-9-6-19(17-41)7-10-21)42-27(43)20-8-11-26(33)25(12-20)30(36,37)38/h1-15,28H,16-17,41H2,(H,42,43). The molecular formula is C31H23F9N2O2. The van der Waals surface area contributed by atoms with Gasteiger partial charge in [-0.25, -0.2) is 8.78 Å². The Morgan fingerprint density at radius 3 is 2.05 bits per heavy atom. The van der Waals surface area contributed by atoms with Gasteiger partial charge in [-0.3, -0.25) is 4.79 Å². The molecule has 0 bridgehead atoms. The van der Waals surface area contributed by atoms with Gasteiger partial charge in [0.1, 0.15) is 17.4 Å². The van der Waals surface area contributed by atoms with Crippen LogP contribution < -0.4 is 15.8 Å². The second-order valence-corrected chi connectivity index (χ2v) is 9.76. The number of nitrogens with one attached hydrogen (secondary N) is 1. The van der Waals surface area contributed by atoms with Gasteiger partial charge in [0.2, 0.25) is 0 Å². The fourth-order valence-electron chi connectivity index (χ4n) is 4.61. The molecule has 13 heteroatoms. The molecule has 0 heterocycles. The molecule has 1 unspecified atom stereocenters. The van der Waals surface area contributed by atoms with Gasteiger partial charge in [-0.2, -0.15) is 30.7 Å². The smallest absolute Gasteiger partial charge is 0.428 e. The van der Waals surface area contributed by atoms with Gasteiger partial charge in [-0.15, -0.1) is 0 Å². The highest BCUT2D eigenvalue weighted by Crippen LogP contribution is 2.39. The zero-order valence-electron chi connectivity index (χ0n) is 22.4. The number of rotatable bonds is 10. The van der Waals surface area contributed by atoms with Crippen LogP contribution >= 0.6 is 0 Å². The molecule has 0 saturated heterocycles. The summed E-state index contributed by atoms with van der Waals surface area (Å²) in [7, 11) is 0. The third-order valence-electron chi connectivity index (χ3n) is 6.73. The van der Waals surface area contributed by atoms with E-state index in [9.17, 15) is 44.3 Å². The zero-order chi connectivity index (χ0) is 32.3. The maximum atomic E-state index is 15.0. The SMILES string of the molecule is NCc1ccc(C(Cc2ccccc2)(NC(=O)c2ccc(F)c(C(F)(F)F)c2)c2cc(F)cc(OC(F)(F)C(F)F)c2)cc1. The second-order valence-electron chi connectivity index (χ2n) is 9.76. The topological polar surface area (TPSA) is 64.3 Å². The summed E-state index contributed by atoms with van der Waals surface area (Å²) in [5, 5.41) is 2.59. The molecule has 4 rings (SSSR count). The van der Waals surface area contributed by atoms with Crippen LogP contribution in [0.5, 0.6) is 5.75 Å². The molecule has 44 heavy (non-hydrogen) atoms. The minimum atomic E-state index is -5.15. The molecule has 0 spiro atoms. The average Bonchev–Trinajstić information content (AvgIpc) is 2.96. The van der Waals surface area contributed by atoms with Gasteiger partial charge < -0.3 is 15.8 Å². The van der Waals surface area contributed by atoms with Gasteiger partial charge in [0.05, 0.1) is 11.1 Å². The van der Waals surface area contributed by atoms with Crippen molar-refractivity contribution >= 4 is 5.91 Å². The Kier molecular flexibility index (Phi) is 9.28. The fraction of sp³-hybridized carbons (Fsp3) is 0.194. The van der Waals surface area contributed by atoms with Gasteiger partial charge in [-0.05, 0) is 52.6 Å². The number of benzene rings is 4. The van der Waals surface area contributed by atoms with E-state index in [1.807, 2.05) is 0 Å². The van der Waals surface area contributed by atoms with Gasteiger partial charge in [0.15, 0.2) is 0 Å². The minimum absolute atomic E-state index is 0.0921. The molecular weight excluding hydrogens is 603 g/mol. The Bertz CT molecular complexity index is 1610. The van der Waals surface area contributed by atoms with Crippen LogP contribution in [0.4, 0.5) is 39.5 Å². The van der Waals surface area contributed by atoms with Crippen molar-refractivity contribution in [2.24, 2.45) is 5.73 Å². The molecule has 3 N–H and O–H groups in total. The first-order chi connectivity index (χ1) is 20.6. The highest BCUT2D eigenvalue weighted by atomic mass is 19.4. The zero-order valence-corrected chi connectivity index (χ0v) is 22.4. The molecule has 0 aliphatic heterocycles. The number of hydrogen-bond acceptors (Lipinski definition) is 3. The molecule has 0 aliphatic rings. The van der Waals surface area contributed by atoms with E-state index in [0.29, 0.717) is 29.3 Å². The summed E-state index contributed by atoms with van der Waals surface area (Å²) in [6, 6.07) is 17.8. The molecule has 0 radical (unpaired) electrons. The Morgan fingerprint density at radius 1 is 0.795 bits per heavy atom. The predicted molar refractivity (Wildman–Crippen MR) is 142 cm³/mol. The van der Waals surface area contributed by atoms with E-state index in [4.69, 9.17) is 5.73 Å². The summed E-state index contributed by atoms with van der Waals surface area (Å²) in [4.78, 5) is 13.6. The first kappa shape index (κ1) is 32.4. The van der Waals surface area contributed by atoms with Gasteiger partial charge in [-0.1, -0.05) is 54.6 Å². The van der Waals surface area contributed by atoms with Crippen molar-refractivity contribution in [1.82, 2.24) is 5.32 Å². The summed E-state index contributed by atoms with van der Waals surface area (Å²) in [5.74, 6) is -5.04. The second kappa shape index (κ2) is 12.6. The Hall–Kier alpha value is -4.52. The van der Waals surface area contributed by atoms with Crippen LogP contribution in [0.15, 0.2) is 91.0 Å². The van der Waals surface area contributed by atoms with Gasteiger partial charge in [0.25, 0.3) is 5.91 Å². The lowest BCUT2D eigenvalue weighted by molar-refractivity contribution is -0.253. The molecule has 4 aromatic carbocycles. The first-order valence-electron chi connectivity index (χ1n) is 12.8. The maximum Gasteiger partial charge on any atom is 0.461 e. The lowest BCUT2D eigenvalue weighted by Gasteiger charge is -2.37. The van der Waals surface area contributed by atoms with Crippen molar-refractivity contribution in [1.29, 1.82) is 0 Å². The van der Waals surface area contributed by atoms with Crippen LogP contribution in [0.2, 0.25) is 0 Å². The molecule has 1 amide bonds. The highest BCUT2D eigenvalue weighted by molar-refractivity contribution is 5.95. The Balaban J connectivity index is 1.96. The van der Waals surface area contributed by atoms with Gasteiger partial charge in [0, 0.05) is 24.6 Å². The van der Waals surface area contributed by atoms with Crippen molar-refractivity contribution in [2.75, 3.05) is 0 Å². The normalized spacial score (nSPS) is 13.4. The molecule has 0 aromatic heterocycles. The highest BCUT2D eigenvalue weighted by Gasteiger charge is 2.45. The number of carbonyl (C=O) groups is 1. The number of alkyl halides is 7. The van der Waals surface area contributed by atoms with Crippen molar-refractivity contribution < 1.29 is 49.0 Å². The van der Waals surface area contributed by atoms with Crippen molar-refractivity contribution in [2.45, 2.75) is 37.2 Å². The summed E-state index contributed by atoms with van der Waals surface area (Å²) in [6.45, 7) is 0.0921. The molecule has 232 valence electrons. The van der Waals surface area contributed by atoms with Crippen LogP contribution in [0.1, 0.15) is 38.2 Å². The van der Waals surface area contributed by atoms with E-state index < -0.39 is 58.7 Å². The summed E-state index contributed by atoms with van der Waals surface area (Å²) >= 11 is 0. The number of ether oxygens (including phenoxy) is 1. The maximum absolute atomic E-state index is 15.0. The van der Waals surface area contributed by atoms with Crippen LogP contribution in [-0.2, 0) is 24.7 Å². The summed E-state index contributed by atoms with van der Waals surface area (Å²) in [6.07, 6.45) is -14.7. The van der Waals surface area contributed by atoms with Crippen LogP contribution in [0, 0.1) is 11.6 Å². The quantitative estimate of drug-likeness (QED) is 0.178. The largest absolute Gasteiger partial charge is 0.461 e. The van der Waals surface area contributed by atoms with Crippen molar-refractivity contribution in [3.05, 3.63) is 136 Å². The Morgan fingerprint density at radius 2 is 1.45 bits per heavy atom. The van der Waals surface area contributed by atoms with Crippen molar-refractivity contribution in [3.63, 3.8) is 0 Å². The monoisotopic (exact) mass is 626 g/mol. The molecule has 0 aliphatic carbocycles. The van der Waals surface area contributed by atoms with Gasteiger partial charge >= 0.3 is 18.7 Å². The number of amides is 1. The van der Waals surface area contributed by atoms with Crippen LogP contribution in [-0.4, -0.2) is 18.4 Å². The lowest BCUT2D eigenvalue weighted by atomic mass is 9.77. The Labute approximate surface area is 245 Å². The number of carbonyl (C=O) groups excluding carboxylic acids is 1. The first-order valence-corrected chi connectivity index (χ1v) is 12.8. The summed E-state index contributed by atoms with van der Waals surface area (Å²) < 4.78 is 127. The summed E-state index contributed by atoms with van der Waals surface area (Å²) in [5.41, 5.74) is 2.39. The van der Waals surface area contributed by atoms with Crippen molar-refractivity contribution in [3.8, 4) is 5.75 Å². The van der Waals surface area contributed by atoms with E-state index in [0.717, 1.165) is 18.2 Å². The molecule has 4 aromatic rings. The molecule has 0 saturated carbocycles. The van der Waals surface area contributed by atoms with E-state index >= 15 is 0 Å². The average molecular weight is 627 g/mol. The molecule has 0 fully saturated rings. The van der Waals surface area contributed by atoms with Crippen LogP contribution in [0.3, 0.4) is 0 Å². The number of halogens is 9.